The van der Waals surface area contributed by atoms with Gasteiger partial charge in [-0.25, -0.2) is 4.79 Å². The molecular weight excluding hydrogens is 268 g/mol. The molecule has 0 radical (unpaired) electrons. The van der Waals surface area contributed by atoms with E-state index in [1.54, 1.807) is 6.92 Å². The molecular formula is C13H22O5S. The molecule has 6 heteroatoms. The average molecular weight is 290 g/mol. The number of carboxylic acid groups (broad SMARTS) is 1. The zero-order chi connectivity index (χ0) is 14.3. The number of aliphatic carboxylic acids is 1. The van der Waals surface area contributed by atoms with E-state index >= 15 is 0 Å². The van der Waals surface area contributed by atoms with E-state index in [1.807, 2.05) is 0 Å². The van der Waals surface area contributed by atoms with Gasteiger partial charge in [0.05, 0.1) is 12.5 Å². The first-order valence-electron chi connectivity index (χ1n) is 6.66. The summed E-state index contributed by atoms with van der Waals surface area (Å²) in [4.78, 5) is 22.5. The molecule has 0 saturated heterocycles. The van der Waals surface area contributed by atoms with Gasteiger partial charge in [0.1, 0.15) is 0 Å². The number of hydrogen-bond acceptors (Lipinski definition) is 5. The highest BCUT2D eigenvalue weighted by molar-refractivity contribution is 7.80. The molecule has 0 aromatic carbocycles. The van der Waals surface area contributed by atoms with Crippen molar-refractivity contribution in [3.63, 3.8) is 0 Å². The minimum atomic E-state index is -1.23. The highest BCUT2D eigenvalue weighted by Gasteiger charge is 2.25. The molecule has 110 valence electrons. The van der Waals surface area contributed by atoms with Gasteiger partial charge in [0.25, 0.3) is 0 Å². The van der Waals surface area contributed by atoms with Crippen LogP contribution in [0.4, 0.5) is 0 Å². The molecule has 0 heterocycles. The second kappa shape index (κ2) is 8.43. The van der Waals surface area contributed by atoms with Gasteiger partial charge in [-0.3, -0.25) is 4.79 Å². The summed E-state index contributed by atoms with van der Waals surface area (Å²) in [7, 11) is 0. The lowest BCUT2D eigenvalue weighted by atomic mass is 10.1. The summed E-state index contributed by atoms with van der Waals surface area (Å²) in [6, 6.07) is 0. The molecule has 0 spiro atoms. The van der Waals surface area contributed by atoms with Crippen molar-refractivity contribution >= 4 is 24.6 Å². The maximum absolute atomic E-state index is 11.5. The molecule has 0 aromatic heterocycles. The first-order chi connectivity index (χ1) is 9.04. The number of carbonyl (C=O) groups excluding carboxylic acids is 1. The van der Waals surface area contributed by atoms with E-state index in [2.05, 4.69) is 12.6 Å². The maximum Gasteiger partial charge on any atom is 0.347 e. The Morgan fingerprint density at radius 2 is 2.00 bits per heavy atom. The number of rotatable bonds is 8. The molecule has 1 aliphatic rings. The zero-order valence-corrected chi connectivity index (χ0v) is 12.1. The lowest BCUT2D eigenvalue weighted by molar-refractivity contribution is -0.170. The normalized spacial score (nSPS) is 19.1. The van der Waals surface area contributed by atoms with E-state index in [-0.39, 0.29) is 6.61 Å². The Balaban J connectivity index is 2.31. The maximum atomic E-state index is 11.5. The third-order valence-corrected chi connectivity index (χ3v) is 3.86. The molecule has 1 N–H and O–H groups in total. The molecule has 19 heavy (non-hydrogen) atoms. The quantitative estimate of drug-likeness (QED) is 0.526. The SMILES string of the molecule is C[C@H](CS)C(=O)OC(COCC1CCCC1)C(=O)O. The molecule has 0 aliphatic heterocycles. The van der Waals surface area contributed by atoms with E-state index in [0.717, 1.165) is 12.8 Å². The topological polar surface area (TPSA) is 72.8 Å². The summed E-state index contributed by atoms with van der Waals surface area (Å²) in [6.07, 6.45) is 3.47. The predicted octanol–water partition coefficient (Wildman–Crippen LogP) is 1.76. The first-order valence-corrected chi connectivity index (χ1v) is 7.29. The second-order valence-electron chi connectivity index (χ2n) is 5.04. The summed E-state index contributed by atoms with van der Waals surface area (Å²) < 4.78 is 10.3. The van der Waals surface area contributed by atoms with Crippen LogP contribution in [0.25, 0.3) is 0 Å². The van der Waals surface area contributed by atoms with Crippen LogP contribution in [-0.2, 0) is 19.1 Å². The Kier molecular flexibility index (Phi) is 7.23. The number of carboxylic acids is 1. The molecule has 5 nitrogen and oxygen atoms in total. The average Bonchev–Trinajstić information content (AvgIpc) is 2.89. The molecule has 2 atom stereocenters. The van der Waals surface area contributed by atoms with Gasteiger partial charge in [0, 0.05) is 12.4 Å². The van der Waals surface area contributed by atoms with Gasteiger partial charge in [-0.2, -0.15) is 12.6 Å². The van der Waals surface area contributed by atoms with E-state index in [0.29, 0.717) is 18.3 Å². The fraction of sp³-hybridized carbons (Fsp3) is 0.846. The monoisotopic (exact) mass is 290 g/mol. The largest absolute Gasteiger partial charge is 0.478 e. The van der Waals surface area contributed by atoms with Crippen molar-refractivity contribution in [2.75, 3.05) is 19.0 Å². The Bertz CT molecular complexity index is 301. The molecule has 0 amide bonds. The fourth-order valence-corrected chi connectivity index (χ4v) is 2.15. The van der Waals surface area contributed by atoms with Crippen molar-refractivity contribution in [2.24, 2.45) is 11.8 Å². The van der Waals surface area contributed by atoms with Crippen molar-refractivity contribution in [1.29, 1.82) is 0 Å². The van der Waals surface area contributed by atoms with Gasteiger partial charge in [-0.1, -0.05) is 19.8 Å². The van der Waals surface area contributed by atoms with Crippen molar-refractivity contribution in [3.05, 3.63) is 0 Å². The molecule has 1 fully saturated rings. The van der Waals surface area contributed by atoms with Crippen LogP contribution in [0, 0.1) is 11.8 Å². The molecule has 1 aliphatic carbocycles. The van der Waals surface area contributed by atoms with Crippen LogP contribution in [0.5, 0.6) is 0 Å². The predicted molar refractivity (Wildman–Crippen MR) is 73.3 cm³/mol. The second-order valence-corrected chi connectivity index (χ2v) is 5.40. The highest BCUT2D eigenvalue weighted by Crippen LogP contribution is 2.24. The van der Waals surface area contributed by atoms with E-state index in [9.17, 15) is 9.59 Å². The van der Waals surface area contributed by atoms with Crippen LogP contribution >= 0.6 is 12.6 Å². The number of ether oxygens (including phenoxy) is 2. The van der Waals surface area contributed by atoms with Crippen LogP contribution in [-0.4, -0.2) is 42.1 Å². The smallest absolute Gasteiger partial charge is 0.347 e. The van der Waals surface area contributed by atoms with Crippen LogP contribution in [0.3, 0.4) is 0 Å². The molecule has 0 bridgehead atoms. The summed E-state index contributed by atoms with van der Waals surface area (Å²) >= 11 is 3.98. The zero-order valence-electron chi connectivity index (χ0n) is 11.2. The summed E-state index contributed by atoms with van der Waals surface area (Å²) in [6.45, 7) is 2.11. The van der Waals surface area contributed by atoms with Gasteiger partial charge in [-0.05, 0) is 18.8 Å². The lowest BCUT2D eigenvalue weighted by Gasteiger charge is -2.17. The summed E-state index contributed by atoms with van der Waals surface area (Å²) in [5.74, 6) is -1.30. The highest BCUT2D eigenvalue weighted by atomic mass is 32.1. The standard InChI is InChI=1S/C13H22O5S/c1-9(8-19)13(16)18-11(12(14)15)7-17-6-10-4-2-3-5-10/h9-11,19H,2-8H2,1H3,(H,14,15)/t9-,11?/m1/s1. The third-order valence-electron chi connectivity index (χ3n) is 3.31. The van der Waals surface area contributed by atoms with Crippen LogP contribution in [0.1, 0.15) is 32.6 Å². The van der Waals surface area contributed by atoms with Crippen molar-refractivity contribution in [1.82, 2.24) is 0 Å². The first kappa shape index (κ1) is 16.3. The number of thiol groups is 1. The third kappa shape index (κ3) is 5.82. The molecule has 1 unspecified atom stereocenters. The minimum absolute atomic E-state index is 0.0864. The van der Waals surface area contributed by atoms with Gasteiger partial charge in [-0.15, -0.1) is 0 Å². The Morgan fingerprint density at radius 1 is 1.37 bits per heavy atom. The minimum Gasteiger partial charge on any atom is -0.478 e. The van der Waals surface area contributed by atoms with Gasteiger partial charge in [0.15, 0.2) is 0 Å². The van der Waals surface area contributed by atoms with Gasteiger partial charge < -0.3 is 14.6 Å². The molecule has 0 aromatic rings. The Hall–Kier alpha value is -0.750. The Morgan fingerprint density at radius 3 is 2.53 bits per heavy atom. The number of esters is 1. The van der Waals surface area contributed by atoms with Gasteiger partial charge >= 0.3 is 11.9 Å². The number of carbonyl (C=O) groups is 2. The molecule has 1 saturated carbocycles. The van der Waals surface area contributed by atoms with E-state index in [4.69, 9.17) is 14.6 Å². The lowest BCUT2D eigenvalue weighted by Crippen LogP contribution is -2.34. The van der Waals surface area contributed by atoms with Crippen LogP contribution in [0.2, 0.25) is 0 Å². The summed E-state index contributed by atoms with van der Waals surface area (Å²) in [5.41, 5.74) is 0. The van der Waals surface area contributed by atoms with Crippen LogP contribution < -0.4 is 0 Å². The summed E-state index contributed by atoms with van der Waals surface area (Å²) in [5, 5.41) is 8.99. The molecule has 1 rings (SSSR count). The Labute approximate surface area is 119 Å². The van der Waals surface area contributed by atoms with E-state index < -0.39 is 24.0 Å². The van der Waals surface area contributed by atoms with Gasteiger partial charge in [0.2, 0.25) is 6.10 Å². The number of hydrogen-bond donors (Lipinski definition) is 2. The van der Waals surface area contributed by atoms with Crippen molar-refractivity contribution in [3.8, 4) is 0 Å². The van der Waals surface area contributed by atoms with Crippen LogP contribution in [0.15, 0.2) is 0 Å². The van der Waals surface area contributed by atoms with E-state index in [1.165, 1.54) is 12.8 Å². The fourth-order valence-electron chi connectivity index (χ4n) is 2.01. The van der Waals surface area contributed by atoms with Crippen molar-refractivity contribution < 1.29 is 24.2 Å². The van der Waals surface area contributed by atoms with Crippen molar-refractivity contribution in [2.45, 2.75) is 38.7 Å².